The lowest BCUT2D eigenvalue weighted by Crippen LogP contribution is -2.02. The van der Waals surface area contributed by atoms with Crippen LogP contribution in [0.5, 0.6) is 0 Å². The smallest absolute Gasteiger partial charge is 0.240 e. The second-order valence-corrected chi connectivity index (χ2v) is 6.29. The van der Waals surface area contributed by atoms with Crippen LogP contribution < -0.4 is 5.73 Å². The largest absolute Gasteiger partial charge is 0.366 e. The fourth-order valence-electron chi connectivity index (χ4n) is 3.40. The molecule has 132 valence electrons. The molecule has 8 heteroatoms. The lowest BCUT2D eigenvalue weighted by atomic mass is 10.0. The SMILES string of the molecule is Cn1cc(-c2nnc(N)nc2-c2c[nH]c3ccc(F)cc23)c2cccnc21. The molecule has 0 fully saturated rings. The number of nitrogen functional groups attached to an aromatic ring is 1. The number of rotatable bonds is 2. The van der Waals surface area contributed by atoms with E-state index >= 15 is 0 Å². The summed E-state index contributed by atoms with van der Waals surface area (Å²) in [5, 5.41) is 9.88. The molecule has 5 aromatic rings. The third kappa shape index (κ3) is 2.34. The first kappa shape index (κ1) is 15.4. The van der Waals surface area contributed by atoms with E-state index in [1.54, 1.807) is 18.5 Å². The summed E-state index contributed by atoms with van der Waals surface area (Å²) in [5.41, 5.74) is 10.1. The van der Waals surface area contributed by atoms with E-state index in [2.05, 4.69) is 25.1 Å². The van der Waals surface area contributed by atoms with E-state index in [1.165, 1.54) is 12.1 Å². The summed E-state index contributed by atoms with van der Waals surface area (Å²) in [5.74, 6) is -0.271. The van der Waals surface area contributed by atoms with Gasteiger partial charge in [-0.05, 0) is 30.3 Å². The Morgan fingerprint density at radius 3 is 2.85 bits per heavy atom. The Labute approximate surface area is 152 Å². The molecule has 3 N–H and O–H groups in total. The second kappa shape index (κ2) is 5.60. The lowest BCUT2D eigenvalue weighted by Gasteiger charge is -2.06. The van der Waals surface area contributed by atoms with Crippen LogP contribution in [0.2, 0.25) is 0 Å². The highest BCUT2D eigenvalue weighted by atomic mass is 19.1. The minimum Gasteiger partial charge on any atom is -0.366 e. The number of hydrogen-bond donors (Lipinski definition) is 2. The summed E-state index contributed by atoms with van der Waals surface area (Å²) in [6.45, 7) is 0. The third-order valence-corrected chi connectivity index (χ3v) is 4.59. The Hall–Kier alpha value is -3.81. The fraction of sp³-hybridized carbons (Fsp3) is 0.0526. The first-order valence-electron chi connectivity index (χ1n) is 8.29. The lowest BCUT2D eigenvalue weighted by molar-refractivity contribution is 0.630. The zero-order valence-corrected chi connectivity index (χ0v) is 14.3. The van der Waals surface area contributed by atoms with E-state index in [4.69, 9.17) is 5.73 Å². The summed E-state index contributed by atoms with van der Waals surface area (Å²) in [4.78, 5) is 12.0. The van der Waals surface area contributed by atoms with Crippen LogP contribution in [-0.2, 0) is 7.05 Å². The molecule has 0 saturated carbocycles. The number of hydrogen-bond acceptors (Lipinski definition) is 5. The van der Waals surface area contributed by atoms with Crippen LogP contribution in [0.15, 0.2) is 48.9 Å². The van der Waals surface area contributed by atoms with Crippen molar-refractivity contribution < 1.29 is 4.39 Å². The molecule has 0 unspecified atom stereocenters. The van der Waals surface area contributed by atoms with Crippen molar-refractivity contribution in [1.29, 1.82) is 0 Å². The molecule has 0 saturated heterocycles. The fourth-order valence-corrected chi connectivity index (χ4v) is 3.40. The number of nitrogens with two attached hydrogens (primary N) is 1. The second-order valence-electron chi connectivity index (χ2n) is 6.29. The molecule has 4 heterocycles. The Bertz CT molecular complexity index is 1320. The van der Waals surface area contributed by atoms with Gasteiger partial charge < -0.3 is 15.3 Å². The molecule has 0 aliphatic heterocycles. The average molecular weight is 359 g/mol. The Morgan fingerprint density at radius 1 is 1.07 bits per heavy atom. The van der Waals surface area contributed by atoms with Gasteiger partial charge in [0.2, 0.25) is 5.95 Å². The van der Waals surface area contributed by atoms with E-state index in [0.717, 1.165) is 22.1 Å². The number of benzene rings is 1. The van der Waals surface area contributed by atoms with E-state index in [0.29, 0.717) is 22.3 Å². The molecule has 0 atom stereocenters. The number of fused-ring (bicyclic) bond motifs is 2. The van der Waals surface area contributed by atoms with Crippen molar-refractivity contribution in [3.05, 3.63) is 54.7 Å². The van der Waals surface area contributed by atoms with Crippen molar-refractivity contribution >= 4 is 27.9 Å². The van der Waals surface area contributed by atoms with Gasteiger partial charge in [0.15, 0.2) is 0 Å². The van der Waals surface area contributed by atoms with Crippen LogP contribution >= 0.6 is 0 Å². The van der Waals surface area contributed by atoms with Gasteiger partial charge in [-0.3, -0.25) is 0 Å². The van der Waals surface area contributed by atoms with Crippen molar-refractivity contribution in [3.63, 3.8) is 0 Å². The molecular formula is C19H14FN7. The van der Waals surface area contributed by atoms with Crippen molar-refractivity contribution in [2.45, 2.75) is 0 Å². The third-order valence-electron chi connectivity index (χ3n) is 4.59. The number of nitrogens with zero attached hydrogens (tertiary/aromatic N) is 5. The topological polar surface area (TPSA) is 98.3 Å². The van der Waals surface area contributed by atoms with Gasteiger partial charge in [-0.2, -0.15) is 0 Å². The molecule has 27 heavy (non-hydrogen) atoms. The number of halogens is 1. The van der Waals surface area contributed by atoms with Crippen LogP contribution in [0.25, 0.3) is 44.5 Å². The molecule has 0 spiro atoms. The average Bonchev–Trinajstić information content (AvgIpc) is 3.23. The first-order valence-corrected chi connectivity index (χ1v) is 8.29. The zero-order valence-electron chi connectivity index (χ0n) is 14.3. The normalized spacial score (nSPS) is 11.5. The summed E-state index contributed by atoms with van der Waals surface area (Å²) >= 11 is 0. The molecule has 0 bridgehead atoms. The van der Waals surface area contributed by atoms with Gasteiger partial charge in [-0.25, -0.2) is 14.4 Å². The van der Waals surface area contributed by atoms with E-state index < -0.39 is 0 Å². The first-order chi connectivity index (χ1) is 13.1. The van der Waals surface area contributed by atoms with Crippen LogP contribution in [0.4, 0.5) is 10.3 Å². The van der Waals surface area contributed by atoms with Gasteiger partial charge >= 0.3 is 0 Å². The standard InChI is InChI=1S/C19H14FN7/c1-27-9-14(11-3-2-6-22-18(11)27)17-16(24-19(21)26-25-17)13-8-23-15-5-4-10(20)7-12(13)15/h2-9,23H,1H3,(H2,21,24,26). The van der Waals surface area contributed by atoms with Crippen LogP contribution in [0, 0.1) is 5.82 Å². The zero-order chi connectivity index (χ0) is 18.5. The molecule has 5 rings (SSSR count). The Balaban J connectivity index is 1.84. The highest BCUT2D eigenvalue weighted by Gasteiger charge is 2.20. The summed E-state index contributed by atoms with van der Waals surface area (Å²) in [6.07, 6.45) is 5.45. The molecule has 0 aliphatic rings. The Kier molecular flexibility index (Phi) is 3.20. The molecule has 0 amide bonds. The van der Waals surface area contributed by atoms with Crippen LogP contribution in [0.1, 0.15) is 0 Å². The predicted molar refractivity (Wildman–Crippen MR) is 101 cm³/mol. The minimum absolute atomic E-state index is 0.0536. The monoisotopic (exact) mass is 359 g/mol. The molecule has 4 aromatic heterocycles. The van der Waals surface area contributed by atoms with Gasteiger partial charge in [-0.15, -0.1) is 10.2 Å². The van der Waals surface area contributed by atoms with Gasteiger partial charge in [-0.1, -0.05) is 0 Å². The van der Waals surface area contributed by atoms with Crippen LogP contribution in [-0.4, -0.2) is 29.7 Å². The Morgan fingerprint density at radius 2 is 1.96 bits per heavy atom. The summed E-state index contributed by atoms with van der Waals surface area (Å²) < 4.78 is 15.7. The van der Waals surface area contributed by atoms with Crippen molar-refractivity contribution in [2.24, 2.45) is 7.05 Å². The maximum absolute atomic E-state index is 13.8. The van der Waals surface area contributed by atoms with E-state index in [1.807, 2.05) is 29.9 Å². The van der Waals surface area contributed by atoms with Crippen molar-refractivity contribution in [1.82, 2.24) is 29.7 Å². The number of aryl methyl sites for hydroxylation is 1. The number of H-pyrrole nitrogens is 1. The van der Waals surface area contributed by atoms with E-state index in [9.17, 15) is 4.39 Å². The number of anilines is 1. The maximum Gasteiger partial charge on any atom is 0.240 e. The van der Waals surface area contributed by atoms with Crippen molar-refractivity contribution in [3.8, 4) is 22.5 Å². The molecule has 0 radical (unpaired) electrons. The molecule has 7 nitrogen and oxygen atoms in total. The predicted octanol–water partition coefficient (Wildman–Crippen LogP) is 3.29. The highest BCUT2D eigenvalue weighted by Crippen LogP contribution is 2.37. The molecular weight excluding hydrogens is 345 g/mol. The van der Waals surface area contributed by atoms with Gasteiger partial charge in [0, 0.05) is 53.1 Å². The summed E-state index contributed by atoms with van der Waals surface area (Å²) in [6, 6.07) is 8.40. The van der Waals surface area contributed by atoms with E-state index in [-0.39, 0.29) is 11.8 Å². The van der Waals surface area contributed by atoms with Crippen LogP contribution in [0.3, 0.4) is 0 Å². The number of nitrogens with one attached hydrogen (secondary N) is 1. The molecule has 0 aliphatic carbocycles. The number of aromatic amines is 1. The van der Waals surface area contributed by atoms with Gasteiger partial charge in [0.05, 0.1) is 0 Å². The number of pyridine rings is 1. The van der Waals surface area contributed by atoms with Crippen molar-refractivity contribution in [2.75, 3.05) is 5.73 Å². The highest BCUT2D eigenvalue weighted by molar-refractivity contribution is 6.01. The van der Waals surface area contributed by atoms with Gasteiger partial charge in [0.1, 0.15) is 22.9 Å². The molecule has 1 aromatic carbocycles. The maximum atomic E-state index is 13.8. The van der Waals surface area contributed by atoms with Gasteiger partial charge in [0.25, 0.3) is 0 Å². The number of aromatic nitrogens is 6. The quantitative estimate of drug-likeness (QED) is 0.504. The minimum atomic E-state index is -0.325. The summed E-state index contributed by atoms with van der Waals surface area (Å²) in [7, 11) is 1.91.